The third kappa shape index (κ3) is 3.60. The molecule has 0 fully saturated rings. The Morgan fingerprint density at radius 1 is 1.40 bits per heavy atom. The van der Waals surface area contributed by atoms with Crippen molar-refractivity contribution in [3.8, 4) is 0 Å². The highest BCUT2D eigenvalue weighted by molar-refractivity contribution is 4.84. The van der Waals surface area contributed by atoms with E-state index in [2.05, 4.69) is 28.8 Å². The minimum Gasteiger partial charge on any atom is -0.329 e. The summed E-state index contributed by atoms with van der Waals surface area (Å²) in [6.45, 7) is 8.65. The highest BCUT2D eigenvalue weighted by Gasteiger charge is 2.08. The normalized spacial score (nSPS) is 11.2. The van der Waals surface area contributed by atoms with Crippen molar-refractivity contribution in [3.63, 3.8) is 0 Å². The quantitative estimate of drug-likeness (QED) is 0.712. The third-order valence-corrected chi connectivity index (χ3v) is 2.35. The van der Waals surface area contributed by atoms with Gasteiger partial charge in [-0.2, -0.15) is 5.10 Å². The van der Waals surface area contributed by atoms with Crippen LogP contribution in [0, 0.1) is 0 Å². The van der Waals surface area contributed by atoms with Crippen LogP contribution in [0.5, 0.6) is 0 Å². The first-order valence-corrected chi connectivity index (χ1v) is 5.60. The molecular formula is C10H21N5. The summed E-state index contributed by atoms with van der Waals surface area (Å²) in [4.78, 5) is 6.58. The second-order valence-corrected chi connectivity index (χ2v) is 3.56. The average molecular weight is 211 g/mol. The predicted molar refractivity (Wildman–Crippen MR) is 60.3 cm³/mol. The monoisotopic (exact) mass is 211 g/mol. The Hall–Kier alpha value is -0.940. The molecule has 0 unspecified atom stereocenters. The Morgan fingerprint density at radius 3 is 2.80 bits per heavy atom. The van der Waals surface area contributed by atoms with Gasteiger partial charge in [-0.25, -0.2) is 9.67 Å². The van der Waals surface area contributed by atoms with Crippen LogP contribution in [-0.2, 0) is 13.1 Å². The van der Waals surface area contributed by atoms with E-state index >= 15 is 0 Å². The molecule has 0 aliphatic heterocycles. The van der Waals surface area contributed by atoms with Crippen LogP contribution < -0.4 is 5.73 Å². The molecule has 0 spiro atoms. The molecule has 2 N–H and O–H groups in total. The van der Waals surface area contributed by atoms with Gasteiger partial charge in [0.25, 0.3) is 0 Å². The molecular weight excluding hydrogens is 190 g/mol. The lowest BCUT2D eigenvalue weighted by Gasteiger charge is -2.20. The van der Waals surface area contributed by atoms with Crippen molar-refractivity contribution >= 4 is 0 Å². The van der Waals surface area contributed by atoms with Crippen molar-refractivity contribution in [3.05, 3.63) is 12.2 Å². The summed E-state index contributed by atoms with van der Waals surface area (Å²) in [7, 11) is 0. The van der Waals surface area contributed by atoms with Gasteiger partial charge in [0.15, 0.2) is 0 Å². The van der Waals surface area contributed by atoms with Gasteiger partial charge in [-0.05, 0) is 19.9 Å². The van der Waals surface area contributed by atoms with Crippen molar-refractivity contribution in [1.29, 1.82) is 0 Å². The van der Waals surface area contributed by atoms with E-state index in [4.69, 9.17) is 5.73 Å². The Balaban J connectivity index is 2.56. The zero-order valence-corrected chi connectivity index (χ0v) is 9.69. The maximum atomic E-state index is 5.57. The second kappa shape index (κ2) is 6.53. The lowest BCUT2D eigenvalue weighted by atomic mass is 10.4. The van der Waals surface area contributed by atoms with Crippen LogP contribution in [0.25, 0.3) is 0 Å². The fourth-order valence-electron chi connectivity index (χ4n) is 1.64. The minimum absolute atomic E-state index is 0.695. The van der Waals surface area contributed by atoms with Crippen LogP contribution in [0.3, 0.4) is 0 Å². The van der Waals surface area contributed by atoms with Crippen molar-refractivity contribution < 1.29 is 0 Å². The molecule has 1 heterocycles. The van der Waals surface area contributed by atoms with Gasteiger partial charge in [0.1, 0.15) is 12.2 Å². The van der Waals surface area contributed by atoms with E-state index in [-0.39, 0.29) is 0 Å². The van der Waals surface area contributed by atoms with E-state index in [1.54, 1.807) is 6.33 Å². The summed E-state index contributed by atoms with van der Waals surface area (Å²) >= 11 is 0. The largest absolute Gasteiger partial charge is 0.329 e. The summed E-state index contributed by atoms with van der Waals surface area (Å²) in [5.74, 6) is 1.03. The summed E-state index contributed by atoms with van der Waals surface area (Å²) < 4.78 is 1.93. The summed E-state index contributed by atoms with van der Waals surface area (Å²) in [6.07, 6.45) is 2.76. The van der Waals surface area contributed by atoms with Crippen LogP contribution >= 0.6 is 0 Å². The van der Waals surface area contributed by atoms with Gasteiger partial charge in [-0.1, -0.05) is 6.92 Å². The minimum atomic E-state index is 0.695. The van der Waals surface area contributed by atoms with Gasteiger partial charge in [0.05, 0.1) is 6.54 Å². The summed E-state index contributed by atoms with van der Waals surface area (Å²) in [5.41, 5.74) is 5.57. The smallest absolute Gasteiger partial charge is 0.140 e. The van der Waals surface area contributed by atoms with Crippen molar-refractivity contribution in [1.82, 2.24) is 19.7 Å². The Morgan fingerprint density at radius 2 is 2.20 bits per heavy atom. The first kappa shape index (κ1) is 12.1. The molecule has 0 amide bonds. The van der Waals surface area contributed by atoms with Crippen LogP contribution in [-0.4, -0.2) is 39.3 Å². The topological polar surface area (TPSA) is 60.0 Å². The summed E-state index contributed by atoms with van der Waals surface area (Å²) in [5, 5.41) is 4.16. The van der Waals surface area contributed by atoms with Crippen LogP contribution in [0.15, 0.2) is 6.33 Å². The highest BCUT2D eigenvalue weighted by Crippen LogP contribution is 2.01. The van der Waals surface area contributed by atoms with Crippen molar-refractivity contribution in [2.24, 2.45) is 5.73 Å². The van der Waals surface area contributed by atoms with Gasteiger partial charge >= 0.3 is 0 Å². The van der Waals surface area contributed by atoms with Crippen LogP contribution in [0.1, 0.15) is 26.1 Å². The standard InChI is InChI=1S/C10H21N5/c1-3-6-14(7-5-11)8-10-12-9-13-15(10)4-2/h9H,3-8,11H2,1-2H3. The molecule has 0 aliphatic carbocycles. The maximum Gasteiger partial charge on any atom is 0.140 e. The van der Waals surface area contributed by atoms with E-state index in [1.807, 2.05) is 4.68 Å². The Kier molecular flexibility index (Phi) is 5.28. The van der Waals surface area contributed by atoms with Gasteiger partial charge in [0, 0.05) is 19.6 Å². The molecule has 1 aromatic heterocycles. The van der Waals surface area contributed by atoms with Crippen LogP contribution in [0.4, 0.5) is 0 Å². The average Bonchev–Trinajstić information content (AvgIpc) is 2.66. The van der Waals surface area contributed by atoms with E-state index in [0.717, 1.165) is 38.4 Å². The number of rotatable bonds is 7. The van der Waals surface area contributed by atoms with Crippen LogP contribution in [0.2, 0.25) is 0 Å². The Bertz CT molecular complexity index is 265. The third-order valence-electron chi connectivity index (χ3n) is 2.35. The molecule has 0 aromatic carbocycles. The number of aryl methyl sites for hydroxylation is 1. The number of aromatic nitrogens is 3. The molecule has 0 aliphatic rings. The second-order valence-electron chi connectivity index (χ2n) is 3.56. The highest BCUT2D eigenvalue weighted by atomic mass is 15.3. The number of nitrogens with zero attached hydrogens (tertiary/aromatic N) is 4. The number of hydrogen-bond donors (Lipinski definition) is 1. The molecule has 1 rings (SSSR count). The Labute approximate surface area is 91.3 Å². The van der Waals surface area contributed by atoms with Gasteiger partial charge in [-0.3, -0.25) is 4.90 Å². The van der Waals surface area contributed by atoms with Gasteiger partial charge < -0.3 is 5.73 Å². The zero-order valence-electron chi connectivity index (χ0n) is 9.69. The molecule has 0 saturated carbocycles. The van der Waals surface area contributed by atoms with Crippen molar-refractivity contribution in [2.75, 3.05) is 19.6 Å². The molecule has 15 heavy (non-hydrogen) atoms. The lowest BCUT2D eigenvalue weighted by molar-refractivity contribution is 0.261. The zero-order chi connectivity index (χ0) is 11.1. The SMILES string of the molecule is CCCN(CCN)Cc1ncnn1CC. The molecule has 86 valence electrons. The molecule has 5 nitrogen and oxygen atoms in total. The van der Waals surface area contributed by atoms with Gasteiger partial charge in [0.2, 0.25) is 0 Å². The predicted octanol–water partition coefficient (Wildman–Crippen LogP) is 0.469. The fourth-order valence-corrected chi connectivity index (χ4v) is 1.64. The van der Waals surface area contributed by atoms with Crippen molar-refractivity contribution in [2.45, 2.75) is 33.4 Å². The van der Waals surface area contributed by atoms with E-state index in [9.17, 15) is 0 Å². The number of hydrogen-bond acceptors (Lipinski definition) is 4. The van der Waals surface area contributed by atoms with E-state index < -0.39 is 0 Å². The molecule has 5 heteroatoms. The summed E-state index contributed by atoms with van der Waals surface area (Å²) in [6, 6.07) is 0. The number of nitrogens with two attached hydrogens (primary N) is 1. The fraction of sp³-hybridized carbons (Fsp3) is 0.800. The van der Waals surface area contributed by atoms with E-state index in [0.29, 0.717) is 6.54 Å². The molecule has 0 atom stereocenters. The van der Waals surface area contributed by atoms with Gasteiger partial charge in [-0.15, -0.1) is 0 Å². The molecule has 0 bridgehead atoms. The molecule has 0 radical (unpaired) electrons. The van der Waals surface area contributed by atoms with E-state index in [1.165, 1.54) is 0 Å². The maximum absolute atomic E-state index is 5.57. The first-order valence-electron chi connectivity index (χ1n) is 5.60. The lowest BCUT2D eigenvalue weighted by Crippen LogP contribution is -2.31. The molecule has 0 saturated heterocycles. The first-order chi connectivity index (χ1) is 7.31. The molecule has 1 aromatic rings.